The van der Waals surface area contributed by atoms with Crippen molar-refractivity contribution in [2.45, 2.75) is 70.1 Å². The maximum atomic E-state index is 12.1. The molecule has 0 aliphatic carbocycles. The minimum Gasteiger partial charge on any atom is -0.412 e. The van der Waals surface area contributed by atoms with Gasteiger partial charge in [0.25, 0.3) is 5.56 Å². The summed E-state index contributed by atoms with van der Waals surface area (Å²) in [6.45, 7) is 9.82. The number of aliphatic hydroxyl groups excluding tert-OH is 3. The molecule has 0 spiro atoms. The van der Waals surface area contributed by atoms with Gasteiger partial charge in [-0.3, -0.25) is 14.3 Å². The molecule has 1 saturated heterocycles. The number of rotatable bonds is 5. The predicted molar refractivity (Wildman–Crippen MR) is 96.3 cm³/mol. The maximum absolute atomic E-state index is 12.1. The first-order valence-corrected chi connectivity index (χ1v) is 11.4. The van der Waals surface area contributed by atoms with Crippen LogP contribution >= 0.6 is 0 Å². The largest absolute Gasteiger partial charge is 0.412 e. The molecule has 1 aliphatic heterocycles. The number of aliphatic hydroxyl groups is 3. The van der Waals surface area contributed by atoms with Crippen molar-refractivity contribution in [3.05, 3.63) is 32.6 Å². The number of aromatic nitrogens is 2. The van der Waals surface area contributed by atoms with Crippen LogP contribution in [0.25, 0.3) is 0 Å². The summed E-state index contributed by atoms with van der Waals surface area (Å²) in [5, 5.41) is 29.1. The van der Waals surface area contributed by atoms with Gasteiger partial charge < -0.3 is 24.5 Å². The van der Waals surface area contributed by atoms with Gasteiger partial charge in [-0.25, -0.2) is 4.79 Å². The van der Waals surface area contributed by atoms with Gasteiger partial charge in [-0.05, 0) is 18.1 Å². The van der Waals surface area contributed by atoms with Crippen LogP contribution in [-0.4, -0.2) is 58.1 Å². The first-order chi connectivity index (χ1) is 11.9. The Morgan fingerprint density at radius 3 is 2.38 bits per heavy atom. The lowest BCUT2D eigenvalue weighted by Gasteiger charge is -2.36. The van der Waals surface area contributed by atoms with E-state index in [0.717, 1.165) is 4.57 Å². The van der Waals surface area contributed by atoms with Crippen molar-refractivity contribution in [3.63, 3.8) is 0 Å². The normalized spacial score (nSPS) is 27.1. The van der Waals surface area contributed by atoms with Crippen molar-refractivity contribution in [2.24, 2.45) is 0 Å². The van der Waals surface area contributed by atoms with Crippen molar-refractivity contribution in [1.82, 2.24) is 9.55 Å². The van der Waals surface area contributed by atoms with Crippen LogP contribution < -0.4 is 11.2 Å². The number of ether oxygens (including phenoxy) is 1. The summed E-state index contributed by atoms with van der Waals surface area (Å²) < 4.78 is 12.4. The van der Waals surface area contributed by atoms with E-state index in [1.807, 2.05) is 13.1 Å². The van der Waals surface area contributed by atoms with E-state index in [4.69, 9.17) is 9.16 Å². The summed E-state index contributed by atoms with van der Waals surface area (Å²) in [6, 6.07) is 0. The number of nitrogens with zero attached hydrogens (tertiary/aromatic N) is 1. The van der Waals surface area contributed by atoms with Gasteiger partial charge in [0, 0.05) is 6.20 Å². The van der Waals surface area contributed by atoms with Gasteiger partial charge in [-0.2, -0.15) is 0 Å². The molecule has 148 valence electrons. The Labute approximate surface area is 152 Å². The standard InChI is InChI=1S/C16H28N2O7Si/c1-16(2,3)26(4,5)24-8-9-6-18(15(23)17-13(9)22)14-12(21)11(20)10(7-19)25-14/h6,10-12,14,19-21H,7-8H2,1-5H3,(H,17,22,23)/t10-,11-,12-,14-/m1/s1. The van der Waals surface area contributed by atoms with Crippen LogP contribution in [0.4, 0.5) is 0 Å². The fourth-order valence-corrected chi connectivity index (χ4v) is 3.35. The van der Waals surface area contributed by atoms with E-state index in [-0.39, 0.29) is 17.2 Å². The van der Waals surface area contributed by atoms with Crippen molar-refractivity contribution in [3.8, 4) is 0 Å². The lowest BCUT2D eigenvalue weighted by atomic mass is 10.1. The monoisotopic (exact) mass is 388 g/mol. The molecule has 4 N–H and O–H groups in total. The van der Waals surface area contributed by atoms with Crippen molar-refractivity contribution in [2.75, 3.05) is 6.61 Å². The first kappa shape index (κ1) is 21.0. The molecule has 10 heteroatoms. The van der Waals surface area contributed by atoms with E-state index in [0.29, 0.717) is 0 Å². The average molecular weight is 388 g/mol. The maximum Gasteiger partial charge on any atom is 0.330 e. The van der Waals surface area contributed by atoms with Crippen molar-refractivity contribution >= 4 is 8.32 Å². The van der Waals surface area contributed by atoms with Gasteiger partial charge in [0.1, 0.15) is 18.3 Å². The van der Waals surface area contributed by atoms with Crippen LogP contribution in [0.2, 0.25) is 18.1 Å². The van der Waals surface area contributed by atoms with Gasteiger partial charge in [0.05, 0.1) is 18.8 Å². The molecule has 4 atom stereocenters. The highest BCUT2D eigenvalue weighted by Gasteiger charge is 2.44. The van der Waals surface area contributed by atoms with Gasteiger partial charge in [-0.15, -0.1) is 0 Å². The SMILES string of the molecule is CC(C)(C)[Si](C)(C)OCc1cn([C@@H]2O[C@H](CO)[C@@H](O)[C@H]2O)c(=O)[nH]c1=O. The topological polar surface area (TPSA) is 134 Å². The summed E-state index contributed by atoms with van der Waals surface area (Å²) in [6.07, 6.45) is -3.70. The van der Waals surface area contributed by atoms with Gasteiger partial charge >= 0.3 is 5.69 Å². The molecule has 1 aromatic rings. The van der Waals surface area contributed by atoms with Crippen LogP contribution in [0.3, 0.4) is 0 Å². The molecule has 26 heavy (non-hydrogen) atoms. The van der Waals surface area contributed by atoms with Gasteiger partial charge in [-0.1, -0.05) is 20.8 Å². The quantitative estimate of drug-likeness (QED) is 0.507. The van der Waals surface area contributed by atoms with E-state index in [1.165, 1.54) is 6.20 Å². The lowest BCUT2D eigenvalue weighted by Crippen LogP contribution is -2.42. The Bertz CT molecular complexity index is 752. The second-order valence-corrected chi connectivity index (χ2v) is 12.9. The fourth-order valence-electron chi connectivity index (χ4n) is 2.40. The molecule has 0 radical (unpaired) electrons. The minimum atomic E-state index is -2.11. The van der Waals surface area contributed by atoms with E-state index in [2.05, 4.69) is 25.8 Å². The van der Waals surface area contributed by atoms with Crippen molar-refractivity contribution in [1.29, 1.82) is 0 Å². The molecule has 0 bridgehead atoms. The summed E-state index contributed by atoms with van der Waals surface area (Å²) >= 11 is 0. The summed E-state index contributed by atoms with van der Waals surface area (Å²) in [5.41, 5.74) is -1.13. The molecule has 0 aromatic carbocycles. The molecule has 2 heterocycles. The molecule has 0 saturated carbocycles. The molecular formula is C16H28N2O7Si. The Hall–Kier alpha value is -1.30. The molecule has 0 amide bonds. The Kier molecular flexibility index (Phi) is 5.95. The lowest BCUT2D eigenvalue weighted by molar-refractivity contribution is -0.0552. The second kappa shape index (κ2) is 7.37. The first-order valence-electron chi connectivity index (χ1n) is 8.50. The zero-order valence-electron chi connectivity index (χ0n) is 15.7. The number of H-pyrrole nitrogens is 1. The van der Waals surface area contributed by atoms with E-state index in [1.54, 1.807) is 0 Å². The van der Waals surface area contributed by atoms with Crippen LogP contribution in [0.1, 0.15) is 32.6 Å². The summed E-state index contributed by atoms with van der Waals surface area (Å²) in [7, 11) is -2.11. The van der Waals surface area contributed by atoms with E-state index >= 15 is 0 Å². The van der Waals surface area contributed by atoms with Crippen LogP contribution in [-0.2, 0) is 15.8 Å². The third-order valence-corrected chi connectivity index (χ3v) is 9.71. The second-order valence-electron chi connectivity index (χ2n) is 8.10. The predicted octanol–water partition coefficient (Wildman–Crippen LogP) is -0.330. The van der Waals surface area contributed by atoms with Crippen LogP contribution in [0.15, 0.2) is 15.8 Å². The van der Waals surface area contributed by atoms with Crippen LogP contribution in [0.5, 0.6) is 0 Å². The molecule has 9 nitrogen and oxygen atoms in total. The molecular weight excluding hydrogens is 360 g/mol. The Morgan fingerprint density at radius 1 is 1.27 bits per heavy atom. The zero-order valence-corrected chi connectivity index (χ0v) is 16.7. The van der Waals surface area contributed by atoms with Gasteiger partial charge in [0.2, 0.25) is 0 Å². The number of hydrogen-bond donors (Lipinski definition) is 4. The zero-order chi connectivity index (χ0) is 19.9. The highest BCUT2D eigenvalue weighted by Crippen LogP contribution is 2.37. The fraction of sp³-hybridized carbons (Fsp3) is 0.750. The molecule has 1 aromatic heterocycles. The molecule has 0 unspecified atom stereocenters. The van der Waals surface area contributed by atoms with E-state index in [9.17, 15) is 24.9 Å². The Balaban J connectivity index is 2.30. The third-order valence-electron chi connectivity index (χ3n) is 5.23. The van der Waals surface area contributed by atoms with Gasteiger partial charge in [0.15, 0.2) is 14.5 Å². The molecule has 1 aliphatic rings. The Morgan fingerprint density at radius 2 is 1.88 bits per heavy atom. The van der Waals surface area contributed by atoms with E-state index < -0.39 is 50.7 Å². The summed E-state index contributed by atoms with van der Waals surface area (Å²) in [5.74, 6) is 0. The smallest absolute Gasteiger partial charge is 0.330 e. The average Bonchev–Trinajstić information content (AvgIpc) is 2.81. The number of hydrogen-bond acceptors (Lipinski definition) is 7. The minimum absolute atomic E-state index is 0.0148. The number of nitrogens with one attached hydrogen (secondary N) is 1. The third kappa shape index (κ3) is 4.00. The highest BCUT2D eigenvalue weighted by molar-refractivity contribution is 6.74. The van der Waals surface area contributed by atoms with Crippen LogP contribution in [0, 0.1) is 0 Å². The summed E-state index contributed by atoms with van der Waals surface area (Å²) in [4.78, 5) is 26.4. The van der Waals surface area contributed by atoms with Crippen molar-refractivity contribution < 1.29 is 24.5 Å². The molecule has 1 fully saturated rings. The highest BCUT2D eigenvalue weighted by atomic mass is 28.4. The molecule has 2 rings (SSSR count). The number of aromatic amines is 1.